The van der Waals surface area contributed by atoms with Crippen molar-refractivity contribution in [2.24, 2.45) is 11.0 Å². The molecule has 1 amide bonds. The Morgan fingerprint density at radius 1 is 1.27 bits per heavy atom. The topological polar surface area (TPSA) is 93.4 Å². The van der Waals surface area contributed by atoms with E-state index in [1.807, 2.05) is 23.1 Å². The lowest BCUT2D eigenvalue weighted by Crippen LogP contribution is -2.52. The summed E-state index contributed by atoms with van der Waals surface area (Å²) in [5.41, 5.74) is 1.89. The van der Waals surface area contributed by atoms with Gasteiger partial charge in [0.05, 0.1) is 0 Å². The molecular weight excluding hydrogens is 334 g/mol. The summed E-state index contributed by atoms with van der Waals surface area (Å²) in [6.07, 6.45) is 4.47. The van der Waals surface area contributed by atoms with Crippen molar-refractivity contribution in [3.8, 4) is 5.75 Å². The van der Waals surface area contributed by atoms with E-state index in [-0.39, 0.29) is 15.9 Å². The van der Waals surface area contributed by atoms with Crippen molar-refractivity contribution < 1.29 is 24.7 Å². The number of carbonyl (C=O) groups excluding carboxylic acids is 1. The first kappa shape index (κ1) is 17.0. The van der Waals surface area contributed by atoms with Gasteiger partial charge in [0.15, 0.2) is 6.29 Å². The molecular formula is C19H22N3O4+. The summed E-state index contributed by atoms with van der Waals surface area (Å²) in [5, 5.41) is 33.3. The van der Waals surface area contributed by atoms with Crippen LogP contribution in [0.1, 0.15) is 18.4 Å². The molecule has 1 atom stereocenters. The number of rotatable bonds is 5. The Labute approximate surface area is 151 Å². The fourth-order valence-electron chi connectivity index (χ4n) is 3.44. The number of hydrogen-bond donors (Lipinski definition) is 3. The number of quaternary nitrogens is 1. The van der Waals surface area contributed by atoms with Gasteiger partial charge in [0.25, 0.3) is 0 Å². The van der Waals surface area contributed by atoms with Gasteiger partial charge in [0.1, 0.15) is 24.1 Å². The van der Waals surface area contributed by atoms with E-state index in [0.29, 0.717) is 18.9 Å². The molecule has 3 aliphatic rings. The molecule has 1 aromatic rings. The highest BCUT2D eigenvalue weighted by atomic mass is 16.5. The molecule has 1 fully saturated rings. The third-order valence-electron chi connectivity index (χ3n) is 5.12. The number of hydrogen-bond acceptors (Lipinski definition) is 6. The second-order valence-corrected chi connectivity index (χ2v) is 7.13. The van der Waals surface area contributed by atoms with Crippen LogP contribution in [0.15, 0.2) is 53.0 Å². The molecule has 26 heavy (non-hydrogen) atoms. The maximum absolute atomic E-state index is 12.8. The first-order valence-electron chi connectivity index (χ1n) is 8.74. The summed E-state index contributed by atoms with van der Waals surface area (Å²) in [5.74, 6) is 0.938. The van der Waals surface area contributed by atoms with Gasteiger partial charge in [-0.15, -0.1) is 0 Å². The van der Waals surface area contributed by atoms with Crippen LogP contribution in [0.5, 0.6) is 5.75 Å². The number of carbonyl (C=O) groups is 1. The van der Waals surface area contributed by atoms with Crippen molar-refractivity contribution in [1.29, 1.82) is 0 Å². The average Bonchev–Trinajstić information content (AvgIpc) is 3.38. The maximum atomic E-state index is 12.8. The van der Waals surface area contributed by atoms with Gasteiger partial charge < -0.3 is 20.2 Å². The molecule has 0 spiro atoms. The molecule has 1 aliphatic carbocycles. The fourth-order valence-corrected chi connectivity index (χ4v) is 3.44. The van der Waals surface area contributed by atoms with E-state index in [9.17, 15) is 20.1 Å². The van der Waals surface area contributed by atoms with E-state index < -0.39 is 12.2 Å². The Morgan fingerprint density at radius 3 is 2.58 bits per heavy atom. The number of aliphatic hydroxyl groups is 2. The van der Waals surface area contributed by atoms with Crippen LogP contribution in [0.3, 0.4) is 0 Å². The minimum atomic E-state index is -1.84. The van der Waals surface area contributed by atoms with E-state index in [1.165, 1.54) is 6.20 Å². The van der Waals surface area contributed by atoms with Crippen molar-refractivity contribution in [1.82, 2.24) is 4.90 Å². The quantitative estimate of drug-likeness (QED) is 0.541. The Hall–Kier alpha value is -2.48. The monoisotopic (exact) mass is 356 g/mol. The summed E-state index contributed by atoms with van der Waals surface area (Å²) in [7, 11) is 1.69. The summed E-state index contributed by atoms with van der Waals surface area (Å²) >= 11 is 0. The lowest BCUT2D eigenvalue weighted by atomic mass is 10.1. The number of phenols is 1. The molecule has 1 aromatic carbocycles. The molecule has 7 nitrogen and oxygen atoms in total. The number of phenolic OH excluding ortho intramolecular Hbond substituents is 1. The van der Waals surface area contributed by atoms with Gasteiger partial charge in [-0.25, -0.2) is 4.79 Å². The number of nitrogens with zero attached hydrogens (tertiary/aromatic N) is 3. The number of aromatic hydroxyl groups is 1. The molecule has 2 aliphatic heterocycles. The SMILES string of the molecule is C[N+]12N=C(C3CC3)C=C1N(CCc1ccc(O)cc1)C=C(C(O)O)C2=O. The number of allylic oxidation sites excluding steroid dienone is 1. The van der Waals surface area contributed by atoms with E-state index in [1.54, 1.807) is 19.2 Å². The van der Waals surface area contributed by atoms with Crippen LogP contribution in [-0.4, -0.2) is 56.3 Å². The normalized spacial score (nSPS) is 25.2. The van der Waals surface area contributed by atoms with Crippen molar-refractivity contribution in [3.63, 3.8) is 0 Å². The smallest absolute Gasteiger partial charge is 0.380 e. The average molecular weight is 356 g/mol. The Kier molecular flexibility index (Phi) is 3.95. The molecule has 7 heteroatoms. The van der Waals surface area contributed by atoms with Crippen molar-refractivity contribution in [2.45, 2.75) is 25.6 Å². The highest BCUT2D eigenvalue weighted by Crippen LogP contribution is 2.40. The van der Waals surface area contributed by atoms with Gasteiger partial charge in [-0.05, 0) is 37.0 Å². The summed E-state index contributed by atoms with van der Waals surface area (Å²) in [6.45, 7) is 0.557. The van der Waals surface area contributed by atoms with Gasteiger partial charge in [-0.2, -0.15) is 0 Å². The predicted octanol–water partition coefficient (Wildman–Crippen LogP) is 1.04. The van der Waals surface area contributed by atoms with Crippen LogP contribution in [0.4, 0.5) is 0 Å². The maximum Gasteiger partial charge on any atom is 0.380 e. The number of likely N-dealkylation sites (N-methyl/N-ethyl adjacent to an activating group) is 1. The second kappa shape index (κ2) is 6.05. The van der Waals surface area contributed by atoms with Gasteiger partial charge in [-0.1, -0.05) is 21.8 Å². The molecule has 0 aromatic heterocycles. The van der Waals surface area contributed by atoms with Crippen LogP contribution in [0.25, 0.3) is 0 Å². The van der Waals surface area contributed by atoms with Crippen LogP contribution >= 0.6 is 0 Å². The molecule has 0 saturated heterocycles. The van der Waals surface area contributed by atoms with E-state index in [4.69, 9.17) is 0 Å². The zero-order valence-electron chi connectivity index (χ0n) is 14.5. The molecule has 0 bridgehead atoms. The Morgan fingerprint density at radius 2 is 1.96 bits per heavy atom. The van der Waals surface area contributed by atoms with Gasteiger partial charge in [-0.3, -0.25) is 0 Å². The van der Waals surface area contributed by atoms with Crippen molar-refractivity contribution in [3.05, 3.63) is 53.5 Å². The molecule has 2 heterocycles. The largest absolute Gasteiger partial charge is 0.508 e. The zero-order chi connectivity index (χ0) is 18.5. The first-order valence-corrected chi connectivity index (χ1v) is 8.74. The standard InChI is InChI=1S/C19H21N3O4/c1-22-17(10-16(20-22)13-4-5-13)21(11-15(18(22)24)19(25)26)9-8-12-2-6-14(23)7-3-12/h2-3,6-7,10-11,13,19,25-26H,4-5,8-9H2,1H3/p+1. The Balaban J connectivity index is 1.64. The highest BCUT2D eigenvalue weighted by Gasteiger charge is 2.52. The number of benzene rings is 1. The molecule has 3 N–H and O–H groups in total. The van der Waals surface area contributed by atoms with Gasteiger partial charge >= 0.3 is 5.91 Å². The minimum Gasteiger partial charge on any atom is -0.508 e. The summed E-state index contributed by atoms with van der Waals surface area (Å²) in [4.78, 5) is 14.7. The second-order valence-electron chi connectivity index (χ2n) is 7.13. The third-order valence-corrected chi connectivity index (χ3v) is 5.12. The molecule has 0 radical (unpaired) electrons. The van der Waals surface area contributed by atoms with Crippen LogP contribution < -0.4 is 0 Å². The highest BCUT2D eigenvalue weighted by molar-refractivity contribution is 6.01. The van der Waals surface area contributed by atoms with Gasteiger partial charge in [0, 0.05) is 24.7 Å². The minimum absolute atomic E-state index is 0.0591. The van der Waals surface area contributed by atoms with E-state index >= 15 is 0 Å². The lowest BCUT2D eigenvalue weighted by molar-refractivity contribution is -0.808. The number of fused-ring (bicyclic) bond motifs is 1. The van der Waals surface area contributed by atoms with Crippen LogP contribution in [-0.2, 0) is 11.2 Å². The van der Waals surface area contributed by atoms with Crippen molar-refractivity contribution in [2.75, 3.05) is 13.6 Å². The fraction of sp³-hybridized carbons (Fsp3) is 0.368. The predicted molar refractivity (Wildman–Crippen MR) is 94.3 cm³/mol. The molecule has 1 saturated carbocycles. The van der Waals surface area contributed by atoms with E-state index in [0.717, 1.165) is 29.9 Å². The zero-order valence-corrected chi connectivity index (χ0v) is 14.5. The Bertz CT molecular complexity index is 837. The lowest BCUT2D eigenvalue weighted by Gasteiger charge is -2.35. The van der Waals surface area contributed by atoms with Crippen LogP contribution in [0, 0.1) is 5.92 Å². The molecule has 136 valence electrons. The first-order chi connectivity index (χ1) is 12.4. The molecule has 4 rings (SSSR count). The number of amides is 1. The molecule has 1 unspecified atom stereocenters. The van der Waals surface area contributed by atoms with E-state index in [2.05, 4.69) is 5.10 Å². The van der Waals surface area contributed by atoms with Crippen LogP contribution in [0.2, 0.25) is 0 Å². The number of aliphatic hydroxyl groups excluding tert-OH is 1. The summed E-state index contributed by atoms with van der Waals surface area (Å²) in [6, 6.07) is 6.96. The van der Waals surface area contributed by atoms with Crippen molar-refractivity contribution >= 4 is 11.6 Å². The summed E-state index contributed by atoms with van der Waals surface area (Å²) < 4.78 is -0.301. The van der Waals surface area contributed by atoms with Gasteiger partial charge in [0.2, 0.25) is 5.82 Å². The third kappa shape index (κ3) is 2.84.